The van der Waals surface area contributed by atoms with Crippen molar-refractivity contribution in [2.75, 3.05) is 0 Å². The van der Waals surface area contributed by atoms with Crippen molar-refractivity contribution < 1.29 is 4.79 Å². The zero-order valence-electron chi connectivity index (χ0n) is 8.37. The van der Waals surface area contributed by atoms with Gasteiger partial charge in [-0.1, -0.05) is 29.8 Å². The number of benzene rings is 1. The summed E-state index contributed by atoms with van der Waals surface area (Å²) in [6, 6.07) is 7.56. The van der Waals surface area contributed by atoms with Crippen LogP contribution in [0.5, 0.6) is 0 Å². The van der Waals surface area contributed by atoms with Gasteiger partial charge in [0.15, 0.2) is 0 Å². The minimum atomic E-state index is -0.377. The maximum absolute atomic E-state index is 10.9. The average molecular weight is 193 g/mol. The van der Waals surface area contributed by atoms with E-state index >= 15 is 0 Å². The molecule has 0 heterocycles. The van der Waals surface area contributed by atoms with Crippen molar-refractivity contribution in [2.45, 2.75) is 19.9 Å². The van der Waals surface area contributed by atoms with E-state index in [0.717, 1.165) is 5.56 Å². The number of hydrazine groups is 1. The van der Waals surface area contributed by atoms with Crippen LogP contribution in [0.4, 0.5) is 4.79 Å². The molecule has 0 aliphatic heterocycles. The van der Waals surface area contributed by atoms with Gasteiger partial charge in [-0.05, 0) is 19.4 Å². The molecule has 1 unspecified atom stereocenters. The van der Waals surface area contributed by atoms with Crippen LogP contribution in [0.25, 0.3) is 0 Å². The molecule has 0 saturated heterocycles. The van der Waals surface area contributed by atoms with Crippen LogP contribution in [-0.4, -0.2) is 6.03 Å². The summed E-state index contributed by atoms with van der Waals surface area (Å²) in [5.41, 5.74) is 4.28. The molecule has 0 aliphatic rings. The van der Waals surface area contributed by atoms with Gasteiger partial charge in [0.1, 0.15) is 0 Å². The first kappa shape index (κ1) is 10.5. The van der Waals surface area contributed by atoms with Gasteiger partial charge < -0.3 is 5.32 Å². The second kappa shape index (κ2) is 4.62. The van der Waals surface area contributed by atoms with Crippen molar-refractivity contribution >= 4 is 6.03 Å². The van der Waals surface area contributed by atoms with Crippen LogP contribution in [0.2, 0.25) is 0 Å². The first-order valence-electron chi connectivity index (χ1n) is 4.47. The molecule has 0 bridgehead atoms. The van der Waals surface area contributed by atoms with Gasteiger partial charge in [0, 0.05) is 0 Å². The summed E-state index contributed by atoms with van der Waals surface area (Å²) in [6.45, 7) is 3.92. The predicted octanol–water partition coefficient (Wildman–Crippen LogP) is 1.23. The van der Waals surface area contributed by atoms with Gasteiger partial charge in [0.2, 0.25) is 0 Å². The molecule has 1 aromatic rings. The van der Waals surface area contributed by atoms with Crippen LogP contribution in [0.3, 0.4) is 0 Å². The smallest absolute Gasteiger partial charge is 0.329 e. The van der Waals surface area contributed by atoms with Crippen LogP contribution in [0.1, 0.15) is 24.1 Å². The molecule has 2 amide bonds. The summed E-state index contributed by atoms with van der Waals surface area (Å²) in [7, 11) is 0. The molecule has 0 radical (unpaired) electrons. The molecule has 1 atom stereocenters. The van der Waals surface area contributed by atoms with E-state index in [1.165, 1.54) is 5.56 Å². The summed E-state index contributed by atoms with van der Waals surface area (Å²) < 4.78 is 0. The van der Waals surface area contributed by atoms with Crippen LogP contribution in [0.15, 0.2) is 24.3 Å². The van der Waals surface area contributed by atoms with Gasteiger partial charge >= 0.3 is 6.03 Å². The number of carbonyl (C=O) groups excluding carboxylic acids is 1. The predicted molar refractivity (Wildman–Crippen MR) is 55.4 cm³/mol. The Hall–Kier alpha value is -1.55. The first-order chi connectivity index (χ1) is 6.63. The zero-order chi connectivity index (χ0) is 10.6. The van der Waals surface area contributed by atoms with E-state index in [-0.39, 0.29) is 12.1 Å². The van der Waals surface area contributed by atoms with Gasteiger partial charge in [-0.2, -0.15) is 0 Å². The summed E-state index contributed by atoms with van der Waals surface area (Å²) in [5, 5.41) is 2.69. The van der Waals surface area contributed by atoms with E-state index in [4.69, 9.17) is 5.84 Å². The normalized spacial score (nSPS) is 11.9. The standard InChI is InChI=1S/C10H15N3O/c1-7-3-5-9(6-4-7)8(2)12-10(14)13-11/h3-6,8H,11H2,1-2H3,(H2,12,13,14). The lowest BCUT2D eigenvalue weighted by molar-refractivity contribution is 0.238. The Balaban J connectivity index is 2.65. The van der Waals surface area contributed by atoms with Crippen LogP contribution < -0.4 is 16.6 Å². The second-order valence-electron chi connectivity index (χ2n) is 3.25. The van der Waals surface area contributed by atoms with Crippen molar-refractivity contribution in [2.24, 2.45) is 5.84 Å². The van der Waals surface area contributed by atoms with E-state index in [2.05, 4.69) is 5.32 Å². The number of carbonyl (C=O) groups is 1. The molecule has 14 heavy (non-hydrogen) atoms. The Labute approximate surface area is 83.5 Å². The van der Waals surface area contributed by atoms with Crippen molar-refractivity contribution in [1.29, 1.82) is 0 Å². The van der Waals surface area contributed by atoms with Crippen molar-refractivity contribution in [1.82, 2.24) is 10.7 Å². The van der Waals surface area contributed by atoms with E-state index in [1.807, 2.05) is 43.5 Å². The Morgan fingerprint density at radius 1 is 1.36 bits per heavy atom. The molecular formula is C10H15N3O. The second-order valence-corrected chi connectivity index (χ2v) is 3.25. The fourth-order valence-corrected chi connectivity index (χ4v) is 1.18. The van der Waals surface area contributed by atoms with Gasteiger partial charge in [-0.3, -0.25) is 5.43 Å². The highest BCUT2D eigenvalue weighted by atomic mass is 16.2. The molecule has 1 rings (SSSR count). The van der Waals surface area contributed by atoms with E-state index < -0.39 is 0 Å². The SMILES string of the molecule is Cc1ccc(C(C)NC(=O)NN)cc1. The highest BCUT2D eigenvalue weighted by molar-refractivity contribution is 5.73. The lowest BCUT2D eigenvalue weighted by Gasteiger charge is -2.13. The molecule has 1 aromatic carbocycles. The maximum atomic E-state index is 10.9. The quantitative estimate of drug-likeness (QED) is 0.375. The third kappa shape index (κ3) is 2.74. The van der Waals surface area contributed by atoms with Crippen LogP contribution in [0, 0.1) is 6.92 Å². The molecular weight excluding hydrogens is 178 g/mol. The molecule has 0 aliphatic carbocycles. The number of nitrogens with one attached hydrogen (secondary N) is 2. The summed E-state index contributed by atoms with van der Waals surface area (Å²) in [4.78, 5) is 10.9. The topological polar surface area (TPSA) is 67.2 Å². The summed E-state index contributed by atoms with van der Waals surface area (Å²) in [5.74, 6) is 4.96. The molecule has 4 nitrogen and oxygen atoms in total. The monoisotopic (exact) mass is 193 g/mol. The van der Waals surface area contributed by atoms with Gasteiger partial charge in [-0.25, -0.2) is 10.6 Å². The van der Waals surface area contributed by atoms with E-state index in [0.29, 0.717) is 0 Å². The fourth-order valence-electron chi connectivity index (χ4n) is 1.18. The van der Waals surface area contributed by atoms with Gasteiger partial charge in [0.25, 0.3) is 0 Å². The minimum Gasteiger partial charge on any atom is -0.331 e. The maximum Gasteiger partial charge on any atom is 0.329 e. The Bertz CT molecular complexity index is 308. The molecule has 0 spiro atoms. The number of hydrogen-bond acceptors (Lipinski definition) is 2. The van der Waals surface area contributed by atoms with E-state index in [9.17, 15) is 4.79 Å². The number of aryl methyl sites for hydroxylation is 1. The first-order valence-corrected chi connectivity index (χ1v) is 4.47. The average Bonchev–Trinajstić information content (AvgIpc) is 2.18. The Morgan fingerprint density at radius 3 is 2.43 bits per heavy atom. The van der Waals surface area contributed by atoms with Crippen molar-refractivity contribution in [3.05, 3.63) is 35.4 Å². The van der Waals surface area contributed by atoms with Gasteiger partial charge in [0.05, 0.1) is 6.04 Å². The Kier molecular flexibility index (Phi) is 3.48. The Morgan fingerprint density at radius 2 is 1.93 bits per heavy atom. The number of urea groups is 1. The summed E-state index contributed by atoms with van der Waals surface area (Å²) >= 11 is 0. The molecule has 0 fully saturated rings. The zero-order valence-corrected chi connectivity index (χ0v) is 8.37. The summed E-state index contributed by atoms with van der Waals surface area (Å²) in [6.07, 6.45) is 0. The molecule has 4 heteroatoms. The number of amides is 2. The number of nitrogens with two attached hydrogens (primary N) is 1. The van der Waals surface area contributed by atoms with E-state index in [1.54, 1.807) is 0 Å². The third-order valence-corrected chi connectivity index (χ3v) is 2.06. The number of rotatable bonds is 2. The minimum absolute atomic E-state index is 0.0425. The number of hydrogen-bond donors (Lipinski definition) is 3. The lowest BCUT2D eigenvalue weighted by atomic mass is 10.1. The largest absolute Gasteiger partial charge is 0.331 e. The molecule has 0 aromatic heterocycles. The van der Waals surface area contributed by atoms with Crippen molar-refractivity contribution in [3.8, 4) is 0 Å². The molecule has 4 N–H and O–H groups in total. The lowest BCUT2D eigenvalue weighted by Crippen LogP contribution is -2.40. The van der Waals surface area contributed by atoms with Crippen LogP contribution >= 0.6 is 0 Å². The molecule has 0 saturated carbocycles. The van der Waals surface area contributed by atoms with Gasteiger partial charge in [-0.15, -0.1) is 0 Å². The third-order valence-electron chi connectivity index (χ3n) is 2.06. The fraction of sp³-hybridized carbons (Fsp3) is 0.300. The van der Waals surface area contributed by atoms with Crippen LogP contribution in [-0.2, 0) is 0 Å². The molecule has 76 valence electrons. The van der Waals surface area contributed by atoms with Crippen molar-refractivity contribution in [3.63, 3.8) is 0 Å². The highest BCUT2D eigenvalue weighted by Gasteiger charge is 2.06. The highest BCUT2D eigenvalue weighted by Crippen LogP contribution is 2.12.